The predicted molar refractivity (Wildman–Crippen MR) is 105 cm³/mol. The number of halogens is 2. The van der Waals surface area contributed by atoms with Crippen molar-refractivity contribution in [3.8, 4) is 11.3 Å². The van der Waals surface area contributed by atoms with Crippen molar-refractivity contribution in [3.63, 3.8) is 0 Å². The molecule has 158 valence electrons. The van der Waals surface area contributed by atoms with Gasteiger partial charge in [-0.3, -0.25) is 14.3 Å². The molecule has 0 radical (unpaired) electrons. The van der Waals surface area contributed by atoms with Crippen molar-refractivity contribution in [2.24, 2.45) is 0 Å². The Morgan fingerprint density at radius 2 is 1.58 bits per heavy atom. The summed E-state index contributed by atoms with van der Waals surface area (Å²) in [6.45, 7) is 5.43. The van der Waals surface area contributed by atoms with Gasteiger partial charge in [0.15, 0.2) is 0 Å². The zero-order valence-corrected chi connectivity index (χ0v) is 16.8. The van der Waals surface area contributed by atoms with E-state index in [0.717, 1.165) is 12.1 Å². The first-order valence-corrected chi connectivity index (χ1v) is 9.33. The van der Waals surface area contributed by atoms with Crippen LogP contribution in [0.15, 0.2) is 48.7 Å². The molecule has 0 bridgehead atoms. The second-order valence-corrected chi connectivity index (χ2v) is 7.96. The van der Waals surface area contributed by atoms with Crippen LogP contribution in [-0.2, 0) is 10.4 Å². The van der Waals surface area contributed by atoms with E-state index in [1.807, 2.05) is 20.8 Å². The second-order valence-electron chi connectivity index (χ2n) is 7.96. The van der Waals surface area contributed by atoms with E-state index in [9.17, 15) is 23.2 Å². The Kier molecular flexibility index (Phi) is 4.68. The lowest BCUT2D eigenvalue weighted by atomic mass is 10.1. The first kappa shape index (κ1) is 20.4. The third-order valence-corrected chi connectivity index (χ3v) is 4.74. The van der Waals surface area contributed by atoms with E-state index in [1.54, 1.807) is 12.1 Å². The summed E-state index contributed by atoms with van der Waals surface area (Å²) in [7, 11) is 0. The summed E-state index contributed by atoms with van der Waals surface area (Å²) >= 11 is 0. The molecule has 9 heteroatoms. The number of fused-ring (bicyclic) bond motifs is 1. The molecule has 0 unspecified atom stereocenters. The molecular formula is C22H17F2N3O4. The molecule has 31 heavy (non-hydrogen) atoms. The van der Waals surface area contributed by atoms with Crippen LogP contribution in [-0.4, -0.2) is 32.6 Å². The van der Waals surface area contributed by atoms with Gasteiger partial charge in [-0.1, -0.05) is 17.2 Å². The van der Waals surface area contributed by atoms with Crippen molar-refractivity contribution < 1.29 is 28.0 Å². The van der Waals surface area contributed by atoms with Crippen LogP contribution in [0.3, 0.4) is 0 Å². The van der Waals surface area contributed by atoms with Crippen molar-refractivity contribution in [2.45, 2.75) is 26.3 Å². The van der Waals surface area contributed by atoms with Crippen LogP contribution in [0.2, 0.25) is 0 Å². The van der Waals surface area contributed by atoms with Crippen LogP contribution < -0.4 is 0 Å². The van der Waals surface area contributed by atoms with Gasteiger partial charge < -0.3 is 4.84 Å². The Hall–Kier alpha value is -3.88. The fraction of sp³-hybridized carbons (Fsp3) is 0.182. The number of hydrogen-bond donors (Lipinski definition) is 0. The molecule has 2 aromatic carbocycles. The van der Waals surface area contributed by atoms with Crippen LogP contribution in [0.4, 0.5) is 8.78 Å². The Balaban J connectivity index is 1.74. The van der Waals surface area contributed by atoms with E-state index < -0.39 is 35.0 Å². The van der Waals surface area contributed by atoms with Crippen LogP contribution in [0.5, 0.6) is 0 Å². The smallest absolute Gasteiger partial charge is 0.324 e. The van der Waals surface area contributed by atoms with Gasteiger partial charge >= 0.3 is 5.97 Å². The zero-order chi connectivity index (χ0) is 22.5. The lowest BCUT2D eigenvalue weighted by Crippen LogP contribution is -2.32. The molecule has 0 aliphatic carbocycles. The number of rotatable bonds is 3. The van der Waals surface area contributed by atoms with Crippen LogP contribution in [0.25, 0.3) is 11.3 Å². The van der Waals surface area contributed by atoms with E-state index in [2.05, 4.69) is 5.10 Å². The fourth-order valence-electron chi connectivity index (χ4n) is 3.13. The van der Waals surface area contributed by atoms with Crippen LogP contribution >= 0.6 is 0 Å². The van der Waals surface area contributed by atoms with Gasteiger partial charge in [0.05, 0.1) is 16.7 Å². The summed E-state index contributed by atoms with van der Waals surface area (Å²) < 4.78 is 29.2. The molecule has 3 aromatic rings. The topological polar surface area (TPSA) is 81.5 Å². The lowest BCUT2D eigenvalue weighted by molar-refractivity contribution is -0.0584. The SMILES string of the molecule is CC(C)(C)n1cc(C(=O)ON2C(=O)c3ccccc3C2=O)c(-c2ccc(F)cc2F)n1. The van der Waals surface area contributed by atoms with Crippen molar-refractivity contribution in [1.82, 2.24) is 14.8 Å². The molecular weight excluding hydrogens is 408 g/mol. The van der Waals surface area contributed by atoms with Crippen molar-refractivity contribution in [3.05, 3.63) is 77.0 Å². The van der Waals surface area contributed by atoms with Gasteiger partial charge in [-0.25, -0.2) is 13.6 Å². The minimum atomic E-state index is -1.08. The van der Waals surface area contributed by atoms with E-state index in [-0.39, 0.29) is 27.9 Å². The lowest BCUT2D eigenvalue weighted by Gasteiger charge is -2.18. The molecule has 0 saturated carbocycles. The average Bonchev–Trinajstić information content (AvgIpc) is 3.25. The standard InChI is InChI=1S/C22H17F2N3O4/c1-22(2,3)26-11-16(18(25-26)15-9-8-12(23)10-17(15)24)21(30)31-27-19(28)13-6-4-5-7-14(13)20(27)29/h4-11H,1-3H3. The van der Waals surface area contributed by atoms with Crippen LogP contribution in [0.1, 0.15) is 51.8 Å². The average molecular weight is 425 g/mol. The fourth-order valence-corrected chi connectivity index (χ4v) is 3.13. The van der Waals surface area contributed by atoms with E-state index >= 15 is 0 Å². The molecule has 7 nitrogen and oxygen atoms in total. The van der Waals surface area contributed by atoms with E-state index in [1.165, 1.54) is 23.0 Å². The first-order valence-electron chi connectivity index (χ1n) is 9.33. The normalized spacial score (nSPS) is 13.5. The van der Waals surface area contributed by atoms with Gasteiger partial charge in [0.25, 0.3) is 11.8 Å². The van der Waals surface area contributed by atoms with Gasteiger partial charge in [0, 0.05) is 17.8 Å². The summed E-state index contributed by atoms with van der Waals surface area (Å²) in [5.41, 5.74) is -0.782. The van der Waals surface area contributed by atoms with E-state index in [0.29, 0.717) is 11.1 Å². The van der Waals surface area contributed by atoms with Gasteiger partial charge in [0.2, 0.25) is 0 Å². The Bertz CT molecular complexity index is 1210. The number of carbonyl (C=O) groups is 3. The number of benzene rings is 2. The summed E-state index contributed by atoms with van der Waals surface area (Å²) in [4.78, 5) is 43.0. The number of aromatic nitrogens is 2. The van der Waals surface area contributed by atoms with Gasteiger partial charge in [-0.05, 0) is 45.0 Å². The maximum Gasteiger partial charge on any atom is 0.367 e. The molecule has 0 spiro atoms. The Morgan fingerprint density at radius 3 is 2.13 bits per heavy atom. The molecule has 0 N–H and O–H groups in total. The minimum Gasteiger partial charge on any atom is -0.324 e. The molecule has 1 aliphatic rings. The molecule has 2 amide bonds. The third kappa shape index (κ3) is 3.48. The van der Waals surface area contributed by atoms with Crippen LogP contribution in [0, 0.1) is 11.6 Å². The molecule has 4 rings (SSSR count). The molecule has 0 fully saturated rings. The van der Waals surface area contributed by atoms with Gasteiger partial charge in [-0.2, -0.15) is 5.10 Å². The summed E-state index contributed by atoms with van der Waals surface area (Å²) in [6.07, 6.45) is 1.33. The highest BCUT2D eigenvalue weighted by Gasteiger charge is 2.39. The maximum absolute atomic E-state index is 14.4. The molecule has 2 heterocycles. The third-order valence-electron chi connectivity index (χ3n) is 4.74. The van der Waals surface area contributed by atoms with Crippen molar-refractivity contribution in [1.29, 1.82) is 0 Å². The Labute approximate surface area is 175 Å². The minimum absolute atomic E-state index is 0.103. The number of nitrogens with zero attached hydrogens (tertiary/aromatic N) is 3. The highest BCUT2D eigenvalue weighted by atomic mass is 19.1. The molecule has 0 saturated heterocycles. The molecule has 0 atom stereocenters. The largest absolute Gasteiger partial charge is 0.367 e. The van der Waals surface area contributed by atoms with E-state index in [4.69, 9.17) is 4.84 Å². The number of carbonyl (C=O) groups excluding carboxylic acids is 3. The maximum atomic E-state index is 14.4. The summed E-state index contributed by atoms with van der Waals surface area (Å²) in [6, 6.07) is 8.91. The predicted octanol–water partition coefficient (Wildman–Crippen LogP) is 3.95. The quantitative estimate of drug-likeness (QED) is 0.594. The first-order chi connectivity index (χ1) is 14.6. The van der Waals surface area contributed by atoms with Crippen molar-refractivity contribution in [2.75, 3.05) is 0 Å². The molecule has 1 aromatic heterocycles. The number of imide groups is 1. The summed E-state index contributed by atoms with van der Waals surface area (Å²) in [5.74, 6) is -4.36. The highest BCUT2D eigenvalue weighted by molar-refractivity contribution is 6.21. The second kappa shape index (κ2) is 7.12. The summed E-state index contributed by atoms with van der Waals surface area (Å²) in [5, 5.41) is 4.65. The van der Waals surface area contributed by atoms with Gasteiger partial charge in [-0.15, -0.1) is 0 Å². The molecule has 1 aliphatic heterocycles. The van der Waals surface area contributed by atoms with Crippen molar-refractivity contribution >= 4 is 17.8 Å². The number of hydroxylamine groups is 2. The number of amides is 2. The zero-order valence-electron chi connectivity index (χ0n) is 16.8. The monoisotopic (exact) mass is 425 g/mol. The van der Waals surface area contributed by atoms with Gasteiger partial charge in [0.1, 0.15) is 22.9 Å². The number of hydrogen-bond acceptors (Lipinski definition) is 5. The Morgan fingerprint density at radius 1 is 0.968 bits per heavy atom. The highest BCUT2D eigenvalue weighted by Crippen LogP contribution is 2.30.